The molecule has 4 heterocycles. The van der Waals surface area contributed by atoms with Gasteiger partial charge in [-0.3, -0.25) is 24.0 Å². The summed E-state index contributed by atoms with van der Waals surface area (Å²) in [5, 5.41) is 9.92. The van der Waals surface area contributed by atoms with Crippen molar-refractivity contribution in [2.75, 3.05) is 37.9 Å². The molecule has 0 radical (unpaired) electrons. The van der Waals surface area contributed by atoms with E-state index in [0.29, 0.717) is 58.0 Å². The third kappa shape index (κ3) is 5.66. The van der Waals surface area contributed by atoms with E-state index in [4.69, 9.17) is 21.7 Å². The van der Waals surface area contributed by atoms with Gasteiger partial charge in [0.15, 0.2) is 11.5 Å². The number of benzene rings is 2. The number of piperazine rings is 1. The van der Waals surface area contributed by atoms with Crippen molar-refractivity contribution in [3.05, 3.63) is 91.6 Å². The number of aromatic nitrogens is 1. The topological polar surface area (TPSA) is 91.0 Å². The Labute approximate surface area is 259 Å². The highest BCUT2D eigenvalue weighted by Gasteiger charge is 2.34. The van der Waals surface area contributed by atoms with Crippen molar-refractivity contribution in [3.63, 3.8) is 0 Å². The fraction of sp³-hybridized carbons (Fsp3) is 0.312. The van der Waals surface area contributed by atoms with E-state index < -0.39 is 0 Å². The molecule has 0 unspecified atom stereocenters. The molecule has 0 saturated carbocycles. The summed E-state index contributed by atoms with van der Waals surface area (Å²) in [5.74, 6) is 1.86. The van der Waals surface area contributed by atoms with E-state index in [1.54, 1.807) is 16.4 Å². The molecule has 2 fully saturated rings. The van der Waals surface area contributed by atoms with Gasteiger partial charge in [0.1, 0.15) is 21.8 Å². The summed E-state index contributed by atoms with van der Waals surface area (Å²) in [6.45, 7) is 8.50. The molecule has 1 amide bonds. The van der Waals surface area contributed by atoms with Crippen LogP contribution >= 0.6 is 24.0 Å². The van der Waals surface area contributed by atoms with E-state index in [-0.39, 0.29) is 23.8 Å². The van der Waals surface area contributed by atoms with Crippen LogP contribution in [0.15, 0.2) is 58.2 Å². The number of nitriles is 1. The van der Waals surface area contributed by atoms with Crippen LogP contribution in [-0.2, 0) is 24.4 Å². The molecule has 3 aliphatic rings. The maximum Gasteiger partial charge on any atom is 0.270 e. The summed E-state index contributed by atoms with van der Waals surface area (Å²) < 4.78 is 13.0. The Kier molecular flexibility index (Phi) is 8.25. The number of amides is 1. The summed E-state index contributed by atoms with van der Waals surface area (Å²) in [6.07, 6.45) is 1.81. The molecule has 2 saturated heterocycles. The van der Waals surface area contributed by atoms with E-state index in [9.17, 15) is 14.9 Å². The Morgan fingerprint density at radius 3 is 2.47 bits per heavy atom. The molecular formula is C32H31N5O4S2. The summed E-state index contributed by atoms with van der Waals surface area (Å²) in [4.78, 5) is 33.8. The molecule has 11 heteroatoms. The minimum atomic E-state index is -0.309. The van der Waals surface area contributed by atoms with Crippen LogP contribution in [0.2, 0.25) is 0 Å². The first kappa shape index (κ1) is 29.0. The van der Waals surface area contributed by atoms with E-state index in [1.165, 1.54) is 17.3 Å². The van der Waals surface area contributed by atoms with Crippen LogP contribution in [0.25, 0.3) is 6.08 Å². The third-order valence-corrected chi connectivity index (χ3v) is 9.39. The number of ether oxygens (including phenoxy) is 2. The van der Waals surface area contributed by atoms with Crippen molar-refractivity contribution in [1.82, 2.24) is 14.4 Å². The quantitative estimate of drug-likeness (QED) is 0.282. The molecule has 2 aromatic carbocycles. The Hall–Kier alpha value is -4.11. The van der Waals surface area contributed by atoms with Crippen LogP contribution in [-0.4, -0.2) is 57.6 Å². The average molecular weight is 614 g/mol. The molecular weight excluding hydrogens is 583 g/mol. The largest absolute Gasteiger partial charge is 0.454 e. The molecule has 3 aliphatic heterocycles. The van der Waals surface area contributed by atoms with Gasteiger partial charge >= 0.3 is 0 Å². The first-order chi connectivity index (χ1) is 20.9. The number of rotatable bonds is 7. The number of hydrogen-bond acceptors (Lipinski definition) is 9. The third-order valence-electron chi connectivity index (χ3n) is 8.01. The number of pyridine rings is 1. The summed E-state index contributed by atoms with van der Waals surface area (Å²) >= 11 is 6.87. The van der Waals surface area contributed by atoms with E-state index in [0.717, 1.165) is 31.0 Å². The monoisotopic (exact) mass is 613 g/mol. The van der Waals surface area contributed by atoms with Crippen LogP contribution in [0.5, 0.6) is 11.5 Å². The van der Waals surface area contributed by atoms with Gasteiger partial charge in [0.05, 0.1) is 11.4 Å². The van der Waals surface area contributed by atoms with Crippen molar-refractivity contribution in [2.24, 2.45) is 0 Å². The van der Waals surface area contributed by atoms with Crippen molar-refractivity contribution in [1.29, 1.82) is 5.26 Å². The minimum absolute atomic E-state index is 0.0930. The zero-order valence-electron chi connectivity index (χ0n) is 24.0. The molecule has 220 valence electrons. The second-order valence-electron chi connectivity index (χ2n) is 10.6. The Morgan fingerprint density at radius 2 is 1.74 bits per heavy atom. The van der Waals surface area contributed by atoms with Crippen LogP contribution in [0.3, 0.4) is 0 Å². The molecule has 0 aliphatic carbocycles. The molecule has 0 bridgehead atoms. The SMILES string of the molecule is CCn1c(N2CCN(Cc3ccccc3)CC2)c(/C=C2/SC(=S)N(Cc3ccc4c(c3)OCO4)C2=O)c(C)c(C#N)c1=O. The summed E-state index contributed by atoms with van der Waals surface area (Å²) in [7, 11) is 0. The van der Waals surface area contributed by atoms with Crippen LogP contribution in [0.4, 0.5) is 5.82 Å². The molecule has 6 rings (SSSR count). The predicted octanol–water partition coefficient (Wildman–Crippen LogP) is 4.50. The summed E-state index contributed by atoms with van der Waals surface area (Å²) in [5.41, 5.74) is 3.20. The Balaban J connectivity index is 1.31. The van der Waals surface area contributed by atoms with Crippen molar-refractivity contribution < 1.29 is 14.3 Å². The number of thioether (sulfide) groups is 1. The zero-order valence-corrected chi connectivity index (χ0v) is 25.7. The Morgan fingerprint density at radius 1 is 1.00 bits per heavy atom. The highest BCUT2D eigenvalue weighted by Crippen LogP contribution is 2.38. The van der Waals surface area contributed by atoms with E-state index in [2.05, 4.69) is 40.1 Å². The number of carbonyl (C=O) groups is 1. The van der Waals surface area contributed by atoms with Gasteiger partial charge in [-0.2, -0.15) is 5.26 Å². The van der Waals surface area contributed by atoms with Crippen LogP contribution < -0.4 is 19.9 Å². The fourth-order valence-electron chi connectivity index (χ4n) is 5.73. The highest BCUT2D eigenvalue weighted by molar-refractivity contribution is 8.26. The lowest BCUT2D eigenvalue weighted by molar-refractivity contribution is -0.122. The van der Waals surface area contributed by atoms with E-state index >= 15 is 0 Å². The van der Waals surface area contributed by atoms with Gasteiger partial charge in [0.25, 0.3) is 11.5 Å². The molecule has 9 nitrogen and oxygen atoms in total. The molecule has 0 atom stereocenters. The average Bonchev–Trinajstić information content (AvgIpc) is 3.59. The van der Waals surface area contributed by atoms with Gasteiger partial charge in [-0.1, -0.05) is 60.4 Å². The fourth-order valence-corrected chi connectivity index (χ4v) is 6.96. The lowest BCUT2D eigenvalue weighted by Crippen LogP contribution is -2.48. The standard InChI is InChI=1S/C32H31N5O4S2/c1-3-36-29(35-13-11-34(12-14-35)18-22-7-5-4-6-8-22)24(21(2)25(17-33)30(36)38)16-28-31(39)37(32(42)43-28)19-23-9-10-26-27(15-23)41-20-40-26/h4-10,15-16H,3,11-14,18-20H2,1-2H3/b28-16+. The highest BCUT2D eigenvalue weighted by atomic mass is 32.2. The second-order valence-corrected chi connectivity index (χ2v) is 12.3. The molecule has 0 spiro atoms. The number of hydrogen-bond donors (Lipinski definition) is 0. The van der Waals surface area contributed by atoms with E-state index in [1.807, 2.05) is 37.3 Å². The zero-order chi connectivity index (χ0) is 30.1. The van der Waals surface area contributed by atoms with Gasteiger partial charge < -0.3 is 14.4 Å². The Bertz CT molecular complexity index is 1720. The van der Waals surface area contributed by atoms with Crippen molar-refractivity contribution >= 4 is 46.1 Å². The lowest BCUT2D eigenvalue weighted by Gasteiger charge is -2.38. The van der Waals surface area contributed by atoms with Crippen molar-refractivity contribution in [2.45, 2.75) is 33.5 Å². The normalized spacial score (nSPS) is 17.7. The van der Waals surface area contributed by atoms with Gasteiger partial charge in [0.2, 0.25) is 6.79 Å². The minimum Gasteiger partial charge on any atom is -0.454 e. The van der Waals surface area contributed by atoms with Crippen LogP contribution in [0.1, 0.15) is 34.7 Å². The van der Waals surface area contributed by atoms with Crippen LogP contribution in [0, 0.1) is 18.3 Å². The molecule has 3 aromatic rings. The predicted molar refractivity (Wildman–Crippen MR) is 171 cm³/mol. The number of fused-ring (bicyclic) bond motifs is 1. The molecule has 0 N–H and O–H groups in total. The first-order valence-electron chi connectivity index (χ1n) is 14.2. The first-order valence-corrected chi connectivity index (χ1v) is 15.4. The lowest BCUT2D eigenvalue weighted by atomic mass is 10.0. The van der Waals surface area contributed by atoms with Gasteiger partial charge in [-0.05, 0) is 48.7 Å². The molecule has 43 heavy (non-hydrogen) atoms. The van der Waals surface area contributed by atoms with Gasteiger partial charge in [-0.25, -0.2) is 0 Å². The maximum absolute atomic E-state index is 13.7. The van der Waals surface area contributed by atoms with Crippen molar-refractivity contribution in [3.8, 4) is 17.6 Å². The number of carbonyl (C=O) groups excluding carboxylic acids is 1. The number of anilines is 1. The maximum atomic E-state index is 13.7. The molecule has 1 aromatic heterocycles. The van der Waals surface area contributed by atoms with Gasteiger partial charge in [0, 0.05) is 44.8 Å². The second kappa shape index (κ2) is 12.2. The van der Waals surface area contributed by atoms with Gasteiger partial charge in [-0.15, -0.1) is 0 Å². The smallest absolute Gasteiger partial charge is 0.270 e. The summed E-state index contributed by atoms with van der Waals surface area (Å²) in [6, 6.07) is 18.1. The number of nitrogens with zero attached hydrogens (tertiary/aromatic N) is 5. The number of thiocarbonyl (C=S) groups is 1.